The maximum absolute atomic E-state index is 4.69. The average molecular weight is 531 g/mol. The lowest BCUT2D eigenvalue weighted by molar-refractivity contribution is -0.703. The minimum absolute atomic E-state index is 0.153. The van der Waals surface area contributed by atoms with Crippen molar-refractivity contribution in [2.75, 3.05) is 0 Å². The van der Waals surface area contributed by atoms with E-state index < -0.39 is 0 Å². The molecule has 4 aromatic carbocycles. The highest BCUT2D eigenvalue weighted by atomic mass is 15.0. The van der Waals surface area contributed by atoms with Crippen LogP contribution in [-0.4, -0.2) is 9.55 Å². The summed E-state index contributed by atoms with van der Waals surface area (Å²) in [7, 11) is 0. The van der Waals surface area contributed by atoms with E-state index in [0.29, 0.717) is 0 Å². The quantitative estimate of drug-likeness (QED) is 0.197. The van der Waals surface area contributed by atoms with E-state index >= 15 is 0 Å². The summed E-state index contributed by atoms with van der Waals surface area (Å²) in [4.78, 5) is 4.69. The number of para-hydroxylation sites is 2. The first-order chi connectivity index (χ1) is 20.2. The minimum Gasteiger partial charge on any atom is -0.309 e. The van der Waals surface area contributed by atoms with Crippen LogP contribution in [0.25, 0.3) is 50.0 Å². The molecule has 0 fully saturated rings. The summed E-state index contributed by atoms with van der Waals surface area (Å²) in [5.41, 5.74) is 10.8. The largest absolute Gasteiger partial charge is 0.309 e. The highest BCUT2D eigenvalue weighted by molar-refractivity contribution is 6.09. The molecule has 3 heteroatoms. The zero-order valence-corrected chi connectivity index (χ0v) is 23.4. The molecule has 198 valence electrons. The molecule has 1 atom stereocenters. The molecule has 3 heterocycles. The van der Waals surface area contributed by atoms with Gasteiger partial charge < -0.3 is 4.57 Å². The van der Waals surface area contributed by atoms with Gasteiger partial charge in [-0.2, -0.15) is 4.57 Å². The van der Waals surface area contributed by atoms with Gasteiger partial charge in [-0.05, 0) is 55.0 Å². The van der Waals surface area contributed by atoms with Crippen molar-refractivity contribution in [2.45, 2.75) is 26.3 Å². The van der Waals surface area contributed by atoms with Crippen molar-refractivity contribution < 1.29 is 4.57 Å². The van der Waals surface area contributed by atoms with E-state index in [1.165, 1.54) is 55.4 Å². The molecule has 41 heavy (non-hydrogen) atoms. The van der Waals surface area contributed by atoms with Crippen LogP contribution in [0.4, 0.5) is 0 Å². The Bertz CT molecular complexity index is 1950. The Balaban J connectivity index is 1.41. The predicted molar refractivity (Wildman–Crippen MR) is 169 cm³/mol. The molecule has 3 nitrogen and oxygen atoms in total. The van der Waals surface area contributed by atoms with Gasteiger partial charge in [0.05, 0.1) is 22.3 Å². The number of fused-ring (bicyclic) bond motifs is 3. The van der Waals surface area contributed by atoms with Gasteiger partial charge in [0.1, 0.15) is 0 Å². The molecule has 3 aromatic heterocycles. The summed E-state index contributed by atoms with van der Waals surface area (Å²) in [6.07, 6.45) is 5.06. The maximum atomic E-state index is 4.69. The van der Waals surface area contributed by atoms with Gasteiger partial charge in [0.2, 0.25) is 5.69 Å². The monoisotopic (exact) mass is 530 g/mol. The number of hydrogen-bond acceptors (Lipinski definition) is 1. The van der Waals surface area contributed by atoms with Crippen LogP contribution in [0.15, 0.2) is 140 Å². The Morgan fingerprint density at radius 1 is 0.683 bits per heavy atom. The lowest BCUT2D eigenvalue weighted by atomic mass is 9.94. The molecule has 0 radical (unpaired) electrons. The van der Waals surface area contributed by atoms with Crippen molar-refractivity contribution in [3.8, 4) is 28.2 Å². The van der Waals surface area contributed by atoms with E-state index in [9.17, 15) is 0 Å². The number of aromatic nitrogens is 3. The minimum atomic E-state index is 0.153. The number of pyridine rings is 2. The van der Waals surface area contributed by atoms with Gasteiger partial charge in [0.15, 0.2) is 12.2 Å². The standard InChI is InChI=1S/C38H32N3/c1-3-35(30-15-5-4-14-29(30)34-18-10-12-24-39-34)40-25-13-11-19-36(40)33-26-28(23-22-27(33)2)41-37-20-8-6-16-31(37)32-17-7-9-21-38(32)41/h4-26,35H,3H2,1-2H3/q+1. The third-order valence-corrected chi connectivity index (χ3v) is 8.21. The third kappa shape index (κ3) is 4.31. The van der Waals surface area contributed by atoms with Gasteiger partial charge in [0, 0.05) is 52.3 Å². The third-order valence-electron chi connectivity index (χ3n) is 8.21. The first-order valence-corrected chi connectivity index (χ1v) is 14.3. The molecule has 0 aliphatic heterocycles. The summed E-state index contributed by atoms with van der Waals surface area (Å²) in [6, 6.07) is 45.8. The molecule has 7 rings (SSSR count). The van der Waals surface area contributed by atoms with E-state index in [-0.39, 0.29) is 6.04 Å². The maximum Gasteiger partial charge on any atom is 0.213 e. The summed E-state index contributed by atoms with van der Waals surface area (Å²) in [6.45, 7) is 4.48. The van der Waals surface area contributed by atoms with E-state index in [0.717, 1.165) is 12.1 Å². The zero-order chi connectivity index (χ0) is 27.8. The fourth-order valence-electron chi connectivity index (χ4n) is 6.29. The molecule has 0 bridgehead atoms. The number of benzene rings is 4. The highest BCUT2D eigenvalue weighted by Gasteiger charge is 2.27. The van der Waals surface area contributed by atoms with Gasteiger partial charge >= 0.3 is 0 Å². The van der Waals surface area contributed by atoms with Crippen molar-refractivity contribution in [3.63, 3.8) is 0 Å². The molecule has 0 saturated heterocycles. The van der Waals surface area contributed by atoms with Gasteiger partial charge in [-0.15, -0.1) is 0 Å². The summed E-state index contributed by atoms with van der Waals surface area (Å²) < 4.78 is 4.84. The lowest BCUT2D eigenvalue weighted by Gasteiger charge is -2.18. The smallest absolute Gasteiger partial charge is 0.213 e. The van der Waals surface area contributed by atoms with E-state index in [1.807, 2.05) is 12.3 Å². The zero-order valence-electron chi connectivity index (χ0n) is 23.4. The lowest BCUT2D eigenvalue weighted by Crippen LogP contribution is -2.42. The van der Waals surface area contributed by atoms with Gasteiger partial charge in [-0.3, -0.25) is 4.98 Å². The van der Waals surface area contributed by atoms with Crippen LogP contribution in [0.3, 0.4) is 0 Å². The molecule has 0 saturated carbocycles. The normalized spacial score (nSPS) is 12.1. The van der Waals surface area contributed by atoms with Gasteiger partial charge in [0.25, 0.3) is 0 Å². The van der Waals surface area contributed by atoms with Crippen molar-refractivity contribution in [2.24, 2.45) is 0 Å². The Kier molecular flexibility index (Phi) is 6.41. The summed E-state index contributed by atoms with van der Waals surface area (Å²) in [5, 5.41) is 2.55. The second-order valence-electron chi connectivity index (χ2n) is 10.6. The van der Waals surface area contributed by atoms with E-state index in [1.54, 1.807) is 0 Å². The fourth-order valence-corrected chi connectivity index (χ4v) is 6.29. The Morgan fingerprint density at radius 3 is 2.10 bits per heavy atom. The number of rotatable bonds is 6. The van der Waals surface area contributed by atoms with E-state index in [4.69, 9.17) is 4.98 Å². The molecule has 0 spiro atoms. The number of aryl methyl sites for hydroxylation is 1. The number of hydrogen-bond donors (Lipinski definition) is 0. The molecule has 1 unspecified atom stereocenters. The molecular weight excluding hydrogens is 498 g/mol. The van der Waals surface area contributed by atoms with Crippen LogP contribution in [0.1, 0.15) is 30.5 Å². The van der Waals surface area contributed by atoms with Crippen LogP contribution in [0, 0.1) is 6.92 Å². The number of nitrogens with zero attached hydrogens (tertiary/aromatic N) is 3. The molecule has 7 aromatic rings. The van der Waals surface area contributed by atoms with Crippen molar-refractivity contribution in [1.29, 1.82) is 0 Å². The predicted octanol–water partition coefficient (Wildman–Crippen LogP) is 9.11. The van der Waals surface area contributed by atoms with Crippen LogP contribution in [0.2, 0.25) is 0 Å². The van der Waals surface area contributed by atoms with Crippen LogP contribution < -0.4 is 4.57 Å². The molecular formula is C38H32N3+. The van der Waals surface area contributed by atoms with Crippen molar-refractivity contribution in [1.82, 2.24) is 9.55 Å². The van der Waals surface area contributed by atoms with Crippen LogP contribution >= 0.6 is 0 Å². The summed E-state index contributed by atoms with van der Waals surface area (Å²) >= 11 is 0. The van der Waals surface area contributed by atoms with E-state index in [2.05, 4.69) is 151 Å². The van der Waals surface area contributed by atoms with Crippen molar-refractivity contribution in [3.05, 3.63) is 151 Å². The average Bonchev–Trinajstić information content (AvgIpc) is 3.37. The fraction of sp³-hybridized carbons (Fsp3) is 0.105. The van der Waals surface area contributed by atoms with Gasteiger partial charge in [-0.25, -0.2) is 0 Å². The summed E-state index contributed by atoms with van der Waals surface area (Å²) in [5.74, 6) is 0. The SMILES string of the molecule is CCC(c1ccccc1-c1ccccn1)[n+]1ccccc1-c1cc(-n2c3ccccc3c3ccccc32)ccc1C. The highest BCUT2D eigenvalue weighted by Crippen LogP contribution is 2.35. The first kappa shape index (κ1) is 25.0. The Morgan fingerprint density at radius 2 is 1.37 bits per heavy atom. The first-order valence-electron chi connectivity index (χ1n) is 14.3. The second kappa shape index (κ2) is 10.5. The second-order valence-corrected chi connectivity index (χ2v) is 10.6. The van der Waals surface area contributed by atoms with Crippen molar-refractivity contribution >= 4 is 21.8 Å². The topological polar surface area (TPSA) is 21.7 Å². The molecule has 0 aliphatic carbocycles. The van der Waals surface area contributed by atoms with Gasteiger partial charge in [-0.1, -0.05) is 79.7 Å². The molecule has 0 amide bonds. The van der Waals surface area contributed by atoms with Crippen LogP contribution in [0.5, 0.6) is 0 Å². The molecule has 0 aliphatic rings. The Hall–Kier alpha value is -5.02. The van der Waals surface area contributed by atoms with Crippen LogP contribution in [-0.2, 0) is 0 Å². The molecule has 0 N–H and O–H groups in total. The Labute approximate surface area is 241 Å².